The maximum absolute atomic E-state index is 12.3. The van der Waals surface area contributed by atoms with Crippen LogP contribution in [0.3, 0.4) is 0 Å². The second kappa shape index (κ2) is 5.92. The Labute approximate surface area is 121 Å². The highest BCUT2D eigenvalue weighted by atomic mass is 35.5. The van der Waals surface area contributed by atoms with Gasteiger partial charge in [0.25, 0.3) is 0 Å². The van der Waals surface area contributed by atoms with Crippen LogP contribution in [-0.2, 0) is 16.1 Å². The highest BCUT2D eigenvalue weighted by Gasteiger charge is 2.42. The summed E-state index contributed by atoms with van der Waals surface area (Å²) in [5, 5.41) is 9.01. The second-order valence-corrected chi connectivity index (χ2v) is 6.49. The Morgan fingerprint density at radius 3 is 2.53 bits per heavy atom. The first-order valence-electron chi connectivity index (χ1n) is 6.28. The van der Waals surface area contributed by atoms with Gasteiger partial charge in [-0.25, -0.2) is 0 Å². The van der Waals surface area contributed by atoms with Gasteiger partial charge in [-0.2, -0.15) is 0 Å². The molecule has 1 aromatic heterocycles. The molecule has 1 aliphatic rings. The van der Waals surface area contributed by atoms with E-state index in [2.05, 4.69) is 0 Å². The Kier molecular flexibility index (Phi) is 4.47. The van der Waals surface area contributed by atoms with Crippen LogP contribution in [0.5, 0.6) is 0 Å². The summed E-state index contributed by atoms with van der Waals surface area (Å²) in [7, 11) is 0. The number of halogens is 1. The summed E-state index contributed by atoms with van der Waals surface area (Å²) < 4.78 is 0.700. The summed E-state index contributed by atoms with van der Waals surface area (Å²) in [5.41, 5.74) is 0. The lowest BCUT2D eigenvalue weighted by molar-refractivity contribution is -0.156. The molecule has 1 amide bonds. The van der Waals surface area contributed by atoms with Gasteiger partial charge in [-0.3, -0.25) is 9.59 Å². The van der Waals surface area contributed by atoms with Gasteiger partial charge in [0.05, 0.1) is 22.7 Å². The van der Waals surface area contributed by atoms with Gasteiger partial charge in [0.1, 0.15) is 0 Å². The number of carbonyl (C=O) groups excluding carboxylic acids is 1. The predicted molar refractivity (Wildman–Crippen MR) is 74.3 cm³/mol. The van der Waals surface area contributed by atoms with Crippen LogP contribution in [-0.4, -0.2) is 28.4 Å². The number of carbonyl (C=O) groups is 2. The lowest BCUT2D eigenvalue weighted by Crippen LogP contribution is -2.45. The first-order valence-corrected chi connectivity index (χ1v) is 7.48. The molecule has 1 N–H and O–H groups in total. The Morgan fingerprint density at radius 2 is 2.11 bits per heavy atom. The summed E-state index contributed by atoms with van der Waals surface area (Å²) in [6.07, 6.45) is 1.28. The Morgan fingerprint density at radius 1 is 1.42 bits per heavy atom. The first kappa shape index (κ1) is 14.3. The summed E-state index contributed by atoms with van der Waals surface area (Å²) in [6.45, 7) is 2.99. The zero-order chi connectivity index (χ0) is 14.0. The smallest absolute Gasteiger partial charge is 0.307 e. The topological polar surface area (TPSA) is 57.6 Å². The minimum absolute atomic E-state index is 0.0503. The van der Waals surface area contributed by atoms with Crippen LogP contribution in [0.1, 0.15) is 24.6 Å². The van der Waals surface area contributed by atoms with Crippen molar-refractivity contribution < 1.29 is 14.7 Å². The number of aliphatic carboxylic acids is 1. The van der Waals surface area contributed by atoms with E-state index >= 15 is 0 Å². The van der Waals surface area contributed by atoms with Crippen molar-refractivity contribution in [1.82, 2.24) is 4.90 Å². The monoisotopic (exact) mass is 301 g/mol. The van der Waals surface area contributed by atoms with Crippen molar-refractivity contribution in [2.24, 2.45) is 11.8 Å². The molecule has 1 fully saturated rings. The molecule has 0 radical (unpaired) electrons. The van der Waals surface area contributed by atoms with Gasteiger partial charge >= 0.3 is 5.97 Å². The Bertz CT molecular complexity index is 488. The maximum atomic E-state index is 12.3. The molecular formula is C13H16ClNO3S. The van der Waals surface area contributed by atoms with Crippen molar-refractivity contribution >= 4 is 34.8 Å². The highest BCUT2D eigenvalue weighted by Crippen LogP contribution is 2.36. The standard InChI is InChI=1S/C13H16ClNO3S/c1-2-15(7-8-3-6-11(14)19-8)12(16)9-4-5-10(9)13(17)18/h3,6,9-10H,2,4-5,7H2,1H3,(H,17,18). The fraction of sp³-hybridized carbons (Fsp3) is 0.538. The summed E-state index contributed by atoms with van der Waals surface area (Å²) >= 11 is 7.32. The van der Waals surface area contributed by atoms with Crippen molar-refractivity contribution in [3.05, 3.63) is 21.3 Å². The van der Waals surface area contributed by atoms with E-state index in [4.69, 9.17) is 16.7 Å². The van der Waals surface area contributed by atoms with Gasteiger partial charge < -0.3 is 10.0 Å². The third-order valence-electron chi connectivity index (χ3n) is 3.58. The van der Waals surface area contributed by atoms with Crippen molar-refractivity contribution in [3.8, 4) is 0 Å². The third-order valence-corrected chi connectivity index (χ3v) is 4.79. The number of rotatable bonds is 5. The molecule has 1 heterocycles. The largest absolute Gasteiger partial charge is 0.481 e. The van der Waals surface area contributed by atoms with Crippen LogP contribution in [0.15, 0.2) is 12.1 Å². The van der Waals surface area contributed by atoms with Gasteiger partial charge in [0, 0.05) is 11.4 Å². The number of carboxylic acids is 1. The molecule has 0 bridgehead atoms. The van der Waals surface area contributed by atoms with Gasteiger partial charge in [-0.15, -0.1) is 11.3 Å². The number of hydrogen-bond donors (Lipinski definition) is 1. The second-order valence-electron chi connectivity index (χ2n) is 4.69. The van der Waals surface area contributed by atoms with Gasteiger partial charge in [-0.05, 0) is 31.9 Å². The van der Waals surface area contributed by atoms with Crippen molar-refractivity contribution in [1.29, 1.82) is 0 Å². The number of carboxylic acid groups (broad SMARTS) is 1. The van der Waals surface area contributed by atoms with Crippen LogP contribution in [0.2, 0.25) is 4.34 Å². The van der Waals surface area contributed by atoms with Gasteiger partial charge in [0.15, 0.2) is 0 Å². The molecule has 0 aliphatic heterocycles. The fourth-order valence-corrected chi connectivity index (χ4v) is 3.40. The van der Waals surface area contributed by atoms with E-state index in [0.717, 1.165) is 4.88 Å². The van der Waals surface area contributed by atoms with E-state index in [1.54, 1.807) is 4.90 Å². The van der Waals surface area contributed by atoms with Gasteiger partial charge in [0.2, 0.25) is 5.91 Å². The van der Waals surface area contributed by atoms with E-state index in [9.17, 15) is 9.59 Å². The highest BCUT2D eigenvalue weighted by molar-refractivity contribution is 7.16. The maximum Gasteiger partial charge on any atom is 0.307 e. The zero-order valence-corrected chi connectivity index (χ0v) is 12.2. The minimum Gasteiger partial charge on any atom is -0.481 e. The van der Waals surface area contributed by atoms with Crippen LogP contribution >= 0.6 is 22.9 Å². The molecule has 1 saturated carbocycles. The zero-order valence-electron chi connectivity index (χ0n) is 10.6. The van der Waals surface area contributed by atoms with E-state index in [-0.39, 0.29) is 11.8 Å². The molecule has 0 spiro atoms. The molecule has 0 saturated heterocycles. The Hall–Kier alpha value is -1.07. The normalized spacial score (nSPS) is 21.8. The molecular weight excluding hydrogens is 286 g/mol. The third kappa shape index (κ3) is 3.09. The average Bonchev–Trinajstić information content (AvgIpc) is 2.69. The predicted octanol–water partition coefficient (Wildman–Crippen LogP) is 2.86. The average molecular weight is 302 g/mol. The lowest BCUT2D eigenvalue weighted by Gasteiger charge is -2.35. The summed E-state index contributed by atoms with van der Waals surface area (Å²) in [5.74, 6) is -1.77. The number of thiophene rings is 1. The summed E-state index contributed by atoms with van der Waals surface area (Å²) in [4.78, 5) is 26.0. The van der Waals surface area contributed by atoms with Crippen LogP contribution in [0.4, 0.5) is 0 Å². The van der Waals surface area contributed by atoms with Crippen molar-refractivity contribution in [2.75, 3.05) is 6.54 Å². The molecule has 2 atom stereocenters. The molecule has 6 heteroatoms. The molecule has 19 heavy (non-hydrogen) atoms. The number of amides is 1. The van der Waals surface area contributed by atoms with E-state index in [0.29, 0.717) is 30.3 Å². The minimum atomic E-state index is -0.861. The van der Waals surface area contributed by atoms with E-state index in [1.165, 1.54) is 11.3 Å². The first-order chi connectivity index (χ1) is 9.02. The molecule has 4 nitrogen and oxygen atoms in total. The molecule has 1 aliphatic carbocycles. The molecule has 2 unspecified atom stereocenters. The summed E-state index contributed by atoms with van der Waals surface area (Å²) in [6, 6.07) is 3.71. The van der Waals surface area contributed by atoms with Crippen LogP contribution < -0.4 is 0 Å². The molecule has 2 rings (SSSR count). The number of nitrogens with zero attached hydrogens (tertiary/aromatic N) is 1. The fourth-order valence-electron chi connectivity index (χ4n) is 2.30. The SMILES string of the molecule is CCN(Cc1ccc(Cl)s1)C(=O)C1CCC1C(=O)O. The van der Waals surface area contributed by atoms with E-state index in [1.807, 2.05) is 19.1 Å². The van der Waals surface area contributed by atoms with Crippen LogP contribution in [0, 0.1) is 11.8 Å². The van der Waals surface area contributed by atoms with E-state index < -0.39 is 11.9 Å². The molecule has 104 valence electrons. The quantitative estimate of drug-likeness (QED) is 0.910. The molecule has 0 aromatic carbocycles. The van der Waals surface area contributed by atoms with Crippen molar-refractivity contribution in [3.63, 3.8) is 0 Å². The number of hydrogen-bond acceptors (Lipinski definition) is 3. The van der Waals surface area contributed by atoms with Crippen molar-refractivity contribution in [2.45, 2.75) is 26.3 Å². The van der Waals surface area contributed by atoms with Gasteiger partial charge in [-0.1, -0.05) is 11.6 Å². The Balaban J connectivity index is 2.01. The molecule has 1 aromatic rings. The lowest BCUT2D eigenvalue weighted by atomic mass is 9.73. The van der Waals surface area contributed by atoms with Crippen LogP contribution in [0.25, 0.3) is 0 Å².